The second kappa shape index (κ2) is 7.28. The molecule has 12 heteroatoms. The van der Waals surface area contributed by atoms with Crippen molar-refractivity contribution >= 4 is 29.5 Å². The van der Waals surface area contributed by atoms with Gasteiger partial charge in [0.25, 0.3) is 11.4 Å². The van der Waals surface area contributed by atoms with Crippen molar-refractivity contribution in [3.8, 4) is 0 Å². The fraction of sp³-hybridized carbons (Fsp3) is 0.100. The van der Waals surface area contributed by atoms with E-state index >= 15 is 0 Å². The summed E-state index contributed by atoms with van der Waals surface area (Å²) in [6.45, 7) is 1.13. The number of benzene rings is 1. The number of carbonyl (C=O) groups excluding carboxylic acids is 1. The largest absolute Gasteiger partial charge is 0.366 e. The molecule has 22 heavy (non-hydrogen) atoms. The molecule has 0 saturated heterocycles. The van der Waals surface area contributed by atoms with Crippen LogP contribution in [0, 0.1) is 20.2 Å². The Morgan fingerprint density at radius 1 is 1.27 bits per heavy atom. The normalized spacial score (nSPS) is 11.2. The van der Waals surface area contributed by atoms with Gasteiger partial charge in [0.05, 0.1) is 22.1 Å². The molecule has 1 aromatic rings. The first-order valence-corrected chi connectivity index (χ1v) is 5.53. The molecule has 0 atom stereocenters. The first kappa shape index (κ1) is 16.5. The van der Waals surface area contributed by atoms with Gasteiger partial charge in [-0.2, -0.15) is 10.6 Å². The number of nitro groups is 2. The van der Waals surface area contributed by atoms with Crippen LogP contribution in [0.1, 0.15) is 12.5 Å². The van der Waals surface area contributed by atoms with E-state index in [9.17, 15) is 25.0 Å². The van der Waals surface area contributed by atoms with E-state index in [1.54, 1.807) is 0 Å². The van der Waals surface area contributed by atoms with E-state index in [-0.39, 0.29) is 11.5 Å². The van der Waals surface area contributed by atoms with Crippen molar-refractivity contribution in [3.63, 3.8) is 0 Å². The van der Waals surface area contributed by atoms with Crippen LogP contribution in [0.4, 0.5) is 11.4 Å². The molecular weight excluding hydrogens is 300 g/mol. The summed E-state index contributed by atoms with van der Waals surface area (Å²) in [5.41, 5.74) is 6.39. The Hall–Kier alpha value is -3.57. The fourth-order valence-corrected chi connectivity index (χ4v) is 1.21. The molecule has 12 nitrogen and oxygen atoms in total. The average molecular weight is 310 g/mol. The van der Waals surface area contributed by atoms with Crippen LogP contribution in [0.25, 0.3) is 0 Å². The van der Waals surface area contributed by atoms with Gasteiger partial charge in [0.15, 0.2) is 0 Å². The zero-order chi connectivity index (χ0) is 16.7. The van der Waals surface area contributed by atoms with Gasteiger partial charge in [-0.3, -0.25) is 25.0 Å². The fourth-order valence-electron chi connectivity index (χ4n) is 1.21. The lowest BCUT2D eigenvalue weighted by Gasteiger charge is -2.00. The summed E-state index contributed by atoms with van der Waals surface area (Å²) >= 11 is 0. The Bertz CT molecular complexity index is 638. The minimum atomic E-state index is -0.774. The van der Waals surface area contributed by atoms with Gasteiger partial charge in [-0.25, -0.2) is 0 Å². The smallest absolute Gasteiger partial charge is 0.329 e. The van der Waals surface area contributed by atoms with Crippen molar-refractivity contribution in [2.75, 3.05) is 0 Å². The van der Waals surface area contributed by atoms with E-state index in [1.807, 2.05) is 5.48 Å². The average Bonchev–Trinajstić information content (AvgIpc) is 2.44. The Balaban J connectivity index is 2.94. The topological polar surface area (TPSA) is 175 Å². The summed E-state index contributed by atoms with van der Waals surface area (Å²) in [4.78, 5) is 34.6. The number of carbonyl (C=O) groups is 1. The van der Waals surface area contributed by atoms with Crippen LogP contribution in [0.3, 0.4) is 0 Å². The maximum Gasteiger partial charge on any atom is 0.329 e. The summed E-state index contributed by atoms with van der Waals surface area (Å²) < 4.78 is 0. The molecule has 1 aromatic carbocycles. The lowest BCUT2D eigenvalue weighted by atomic mass is 10.2. The van der Waals surface area contributed by atoms with Crippen LogP contribution in [-0.2, 0) is 9.63 Å². The number of nitrogens with zero attached hydrogens (tertiary/aromatic N) is 4. The summed E-state index contributed by atoms with van der Waals surface area (Å²) in [6, 6.07) is 2.96. The van der Waals surface area contributed by atoms with Crippen LogP contribution < -0.4 is 11.2 Å². The highest BCUT2D eigenvalue weighted by molar-refractivity contribution is 5.84. The van der Waals surface area contributed by atoms with Gasteiger partial charge in [-0.15, -0.1) is 5.10 Å². The lowest BCUT2D eigenvalue weighted by Crippen LogP contribution is -2.32. The maximum atomic E-state index is 10.7. The number of hydroxylamine groups is 1. The summed E-state index contributed by atoms with van der Waals surface area (Å²) in [7, 11) is 0. The van der Waals surface area contributed by atoms with E-state index in [2.05, 4.69) is 15.0 Å². The molecule has 0 heterocycles. The molecule has 3 N–H and O–H groups in total. The number of nitrogens with one attached hydrogen (secondary N) is 1. The molecule has 0 unspecified atom stereocenters. The summed E-state index contributed by atoms with van der Waals surface area (Å²) in [5.74, 6) is -1.01. The van der Waals surface area contributed by atoms with Crippen molar-refractivity contribution < 1.29 is 19.5 Å². The third kappa shape index (κ3) is 5.20. The predicted molar refractivity (Wildman–Crippen MR) is 73.9 cm³/mol. The Labute approximate surface area is 122 Å². The van der Waals surface area contributed by atoms with Crippen LogP contribution >= 0.6 is 0 Å². The zero-order valence-electron chi connectivity index (χ0n) is 11.1. The third-order valence-corrected chi connectivity index (χ3v) is 2.02. The molecule has 116 valence electrons. The molecule has 0 saturated carbocycles. The van der Waals surface area contributed by atoms with Gasteiger partial charge in [0, 0.05) is 24.6 Å². The monoisotopic (exact) mass is 310 g/mol. The minimum absolute atomic E-state index is 0.0740. The van der Waals surface area contributed by atoms with Gasteiger partial charge in [-0.05, 0) is 0 Å². The van der Waals surface area contributed by atoms with Gasteiger partial charge in [0.2, 0.25) is 5.96 Å². The first-order valence-electron chi connectivity index (χ1n) is 5.53. The molecule has 0 radical (unpaired) electrons. The van der Waals surface area contributed by atoms with Crippen LogP contribution in [0.5, 0.6) is 0 Å². The van der Waals surface area contributed by atoms with Crippen LogP contribution in [0.2, 0.25) is 0 Å². The summed E-state index contributed by atoms with van der Waals surface area (Å²) in [5, 5.41) is 28.2. The van der Waals surface area contributed by atoms with Gasteiger partial charge >= 0.3 is 5.97 Å². The third-order valence-electron chi connectivity index (χ3n) is 2.02. The number of nitrogens with two attached hydrogens (primary N) is 1. The second-order valence-corrected chi connectivity index (χ2v) is 3.72. The number of hydrogen-bond acceptors (Lipinski definition) is 8. The van der Waals surface area contributed by atoms with Crippen LogP contribution in [0.15, 0.2) is 28.4 Å². The van der Waals surface area contributed by atoms with E-state index in [1.165, 1.54) is 0 Å². The van der Waals surface area contributed by atoms with Gasteiger partial charge in [0.1, 0.15) is 0 Å². The highest BCUT2D eigenvalue weighted by Crippen LogP contribution is 2.21. The maximum absolute atomic E-state index is 10.7. The number of guanidine groups is 1. The lowest BCUT2D eigenvalue weighted by molar-refractivity contribution is -0.394. The molecule has 0 fully saturated rings. The van der Waals surface area contributed by atoms with E-state index in [4.69, 9.17) is 5.73 Å². The van der Waals surface area contributed by atoms with Crippen molar-refractivity contribution in [1.29, 1.82) is 0 Å². The zero-order valence-corrected chi connectivity index (χ0v) is 11.1. The standard InChI is InChI=1S/C10H10N6O6/c1-6(17)22-14-10(11)13-12-5-7-2-8(15(18)19)4-9(3-7)16(20)21/h2-5H,1H3,(H3,11,13,14). The molecule has 0 aliphatic carbocycles. The molecule has 0 spiro atoms. The first-order chi connectivity index (χ1) is 10.3. The predicted octanol–water partition coefficient (Wildman–Crippen LogP) is 0.219. The van der Waals surface area contributed by atoms with Gasteiger partial charge < -0.3 is 10.6 Å². The molecule has 0 aliphatic heterocycles. The Morgan fingerprint density at radius 2 is 1.82 bits per heavy atom. The SMILES string of the molecule is CC(=O)ONC(N)=NN=Cc1cc([N+](=O)[O-])cc([N+](=O)[O-])c1. The summed E-state index contributed by atoms with van der Waals surface area (Å²) in [6.07, 6.45) is 1.02. The molecule has 0 aromatic heterocycles. The van der Waals surface area contributed by atoms with E-state index < -0.39 is 27.2 Å². The van der Waals surface area contributed by atoms with Crippen molar-refractivity contribution in [1.82, 2.24) is 5.48 Å². The Kier molecular flexibility index (Phi) is 5.45. The van der Waals surface area contributed by atoms with E-state index in [0.29, 0.717) is 0 Å². The van der Waals surface area contributed by atoms with Crippen molar-refractivity contribution in [2.45, 2.75) is 6.92 Å². The van der Waals surface area contributed by atoms with Crippen molar-refractivity contribution in [3.05, 3.63) is 44.0 Å². The number of hydrogen-bond donors (Lipinski definition) is 2. The number of rotatable bonds is 4. The highest BCUT2D eigenvalue weighted by atomic mass is 16.7. The quantitative estimate of drug-likeness (QED) is 0.343. The van der Waals surface area contributed by atoms with Crippen molar-refractivity contribution in [2.24, 2.45) is 15.9 Å². The highest BCUT2D eigenvalue weighted by Gasteiger charge is 2.15. The molecule has 0 aliphatic rings. The minimum Gasteiger partial charge on any atom is -0.366 e. The second-order valence-electron chi connectivity index (χ2n) is 3.72. The molecule has 1 rings (SSSR count). The van der Waals surface area contributed by atoms with Crippen LogP contribution in [-0.4, -0.2) is 28.0 Å². The molecule has 0 bridgehead atoms. The van der Waals surface area contributed by atoms with Gasteiger partial charge in [-0.1, -0.05) is 0 Å². The Morgan fingerprint density at radius 3 is 2.27 bits per heavy atom. The van der Waals surface area contributed by atoms with E-state index in [0.717, 1.165) is 31.3 Å². The molecular formula is C10H10N6O6. The molecule has 0 amide bonds. The number of nitro benzene ring substituents is 2. The number of non-ortho nitro benzene ring substituents is 2.